The molecule has 2 heterocycles. The van der Waals surface area contributed by atoms with Crippen molar-refractivity contribution in [3.05, 3.63) is 119 Å². The molecule has 204 valence electrons. The van der Waals surface area contributed by atoms with Crippen LogP contribution in [0.1, 0.15) is 13.8 Å². The van der Waals surface area contributed by atoms with Crippen LogP contribution in [0.3, 0.4) is 0 Å². The number of hydrogen-bond donors (Lipinski definition) is 0. The fourth-order valence-electron chi connectivity index (χ4n) is 4.61. The fraction of sp³-hybridized carbons (Fsp3) is 0.118. The van der Waals surface area contributed by atoms with Gasteiger partial charge < -0.3 is 14.1 Å². The molecular formula is C34H28ClN3O2S. The van der Waals surface area contributed by atoms with Gasteiger partial charge in [-0.15, -0.1) is 11.3 Å². The molecule has 0 radical (unpaired) electrons. The first-order valence-corrected chi connectivity index (χ1v) is 14.8. The molecule has 0 atom stereocenters. The third kappa shape index (κ3) is 6.04. The lowest BCUT2D eigenvalue weighted by molar-refractivity contribution is 0.483. The van der Waals surface area contributed by atoms with Gasteiger partial charge in [-0.2, -0.15) is 0 Å². The maximum absolute atomic E-state index is 6.47. The summed E-state index contributed by atoms with van der Waals surface area (Å²) in [4.78, 5) is 12.2. The highest BCUT2D eigenvalue weighted by Gasteiger charge is 2.14. The van der Waals surface area contributed by atoms with Gasteiger partial charge in [0.05, 0.1) is 16.9 Å². The molecule has 6 aromatic rings. The summed E-state index contributed by atoms with van der Waals surface area (Å²) in [6.45, 7) is 6.14. The van der Waals surface area contributed by atoms with Crippen LogP contribution < -0.4 is 15.2 Å². The second-order valence-corrected chi connectivity index (χ2v) is 10.7. The van der Waals surface area contributed by atoms with Gasteiger partial charge in [-0.05, 0) is 92.7 Å². The van der Waals surface area contributed by atoms with Crippen LogP contribution in [0.5, 0.6) is 11.5 Å². The number of thiazole rings is 1. The lowest BCUT2D eigenvalue weighted by atomic mass is 10.1. The first kappa shape index (κ1) is 26.8. The van der Waals surface area contributed by atoms with Gasteiger partial charge in [0.2, 0.25) is 5.55 Å². The largest absolute Gasteiger partial charge is 0.457 e. The van der Waals surface area contributed by atoms with Gasteiger partial charge in [-0.25, -0.2) is 9.98 Å². The van der Waals surface area contributed by atoms with Crippen molar-refractivity contribution >= 4 is 45.3 Å². The average Bonchev–Trinajstić information content (AvgIpc) is 3.50. The Bertz CT molecular complexity index is 1840. The Kier molecular flexibility index (Phi) is 7.85. The summed E-state index contributed by atoms with van der Waals surface area (Å²) in [5, 5.41) is 4.54. The van der Waals surface area contributed by atoms with E-state index in [1.54, 1.807) is 11.3 Å². The summed E-state index contributed by atoms with van der Waals surface area (Å²) in [5.74, 6) is 1.58. The first-order valence-electron chi connectivity index (χ1n) is 13.5. The molecule has 0 amide bonds. The number of fused-ring (bicyclic) bond motifs is 1. The fourth-order valence-corrected chi connectivity index (χ4v) is 5.57. The standard InChI is InChI=1S/C34H28ClN3O2S/c1-3-38(4-2)27-17-10-24-20-30(33(40-32(24)21-27)36-26-15-13-25(35)14-16-26)34-37-31(22-41-34)23-11-18-29(19-12-23)39-28-8-6-5-7-9-28/h5-22H,3-4H2,1-2H3. The van der Waals surface area contributed by atoms with Crippen molar-refractivity contribution in [3.63, 3.8) is 0 Å². The number of benzene rings is 4. The molecule has 0 fully saturated rings. The van der Waals surface area contributed by atoms with E-state index in [4.69, 9.17) is 30.7 Å². The Morgan fingerprint density at radius 2 is 1.59 bits per heavy atom. The van der Waals surface area contributed by atoms with Crippen LogP contribution in [0.25, 0.3) is 32.8 Å². The van der Waals surface area contributed by atoms with Gasteiger partial charge in [-0.1, -0.05) is 29.8 Å². The summed E-state index contributed by atoms with van der Waals surface area (Å²) < 4.78 is 12.4. The van der Waals surface area contributed by atoms with Crippen LogP contribution in [0.15, 0.2) is 118 Å². The van der Waals surface area contributed by atoms with Crippen molar-refractivity contribution in [3.8, 4) is 33.3 Å². The number of para-hydroxylation sites is 1. The summed E-state index contributed by atoms with van der Waals surface area (Å²) in [5.41, 5.74) is 5.87. The van der Waals surface area contributed by atoms with Crippen LogP contribution in [-0.2, 0) is 0 Å². The molecule has 0 unspecified atom stereocenters. The number of ether oxygens (including phenoxy) is 1. The minimum atomic E-state index is 0.504. The number of hydrogen-bond acceptors (Lipinski definition) is 6. The zero-order chi connectivity index (χ0) is 28.2. The quantitative estimate of drug-likeness (QED) is 0.181. The lowest BCUT2D eigenvalue weighted by Gasteiger charge is -2.21. The molecule has 2 aromatic heterocycles. The van der Waals surface area contributed by atoms with Crippen molar-refractivity contribution < 1.29 is 9.15 Å². The predicted octanol–water partition coefficient (Wildman–Crippen LogP) is 9.75. The smallest absolute Gasteiger partial charge is 0.230 e. The molecule has 41 heavy (non-hydrogen) atoms. The average molecular weight is 578 g/mol. The van der Waals surface area contributed by atoms with Crippen molar-refractivity contribution in [1.82, 2.24) is 4.98 Å². The number of rotatable bonds is 8. The van der Waals surface area contributed by atoms with Crippen LogP contribution >= 0.6 is 22.9 Å². The van der Waals surface area contributed by atoms with Crippen LogP contribution in [0.4, 0.5) is 11.4 Å². The van der Waals surface area contributed by atoms with E-state index >= 15 is 0 Å². The summed E-state index contributed by atoms with van der Waals surface area (Å²) in [6, 6.07) is 33.6. The molecule has 0 bridgehead atoms. The molecular weight excluding hydrogens is 550 g/mol. The normalized spacial score (nSPS) is 11.6. The molecule has 0 spiro atoms. The van der Waals surface area contributed by atoms with Crippen LogP contribution in [0, 0.1) is 0 Å². The van der Waals surface area contributed by atoms with E-state index in [9.17, 15) is 0 Å². The van der Waals surface area contributed by atoms with Gasteiger partial charge in [0.25, 0.3) is 0 Å². The second kappa shape index (κ2) is 12.0. The van der Waals surface area contributed by atoms with E-state index in [-0.39, 0.29) is 0 Å². The predicted molar refractivity (Wildman–Crippen MR) is 170 cm³/mol. The minimum Gasteiger partial charge on any atom is -0.457 e. The molecule has 6 rings (SSSR count). The molecule has 5 nitrogen and oxygen atoms in total. The number of anilines is 1. The zero-order valence-electron chi connectivity index (χ0n) is 22.8. The summed E-state index contributed by atoms with van der Waals surface area (Å²) >= 11 is 7.68. The van der Waals surface area contributed by atoms with E-state index in [1.807, 2.05) is 78.9 Å². The van der Waals surface area contributed by atoms with Gasteiger partial charge in [0, 0.05) is 46.2 Å². The van der Waals surface area contributed by atoms with Crippen LogP contribution in [0.2, 0.25) is 5.02 Å². The van der Waals surface area contributed by atoms with Crippen molar-refractivity contribution in [1.29, 1.82) is 0 Å². The maximum Gasteiger partial charge on any atom is 0.230 e. The topological polar surface area (TPSA) is 50.9 Å². The minimum absolute atomic E-state index is 0.504. The molecule has 0 N–H and O–H groups in total. The molecule has 4 aromatic carbocycles. The number of nitrogens with zero attached hydrogens (tertiary/aromatic N) is 3. The molecule has 7 heteroatoms. The van der Waals surface area contributed by atoms with E-state index < -0.39 is 0 Å². The molecule has 0 aliphatic carbocycles. The third-order valence-electron chi connectivity index (χ3n) is 6.78. The van der Waals surface area contributed by atoms with Crippen LogP contribution in [-0.4, -0.2) is 18.1 Å². The molecule has 0 saturated carbocycles. The van der Waals surface area contributed by atoms with Gasteiger partial charge in [0.1, 0.15) is 22.1 Å². The van der Waals surface area contributed by atoms with Gasteiger partial charge >= 0.3 is 0 Å². The maximum atomic E-state index is 6.47. The highest BCUT2D eigenvalue weighted by molar-refractivity contribution is 7.13. The monoisotopic (exact) mass is 577 g/mol. The molecule has 0 saturated heterocycles. The molecule has 0 aliphatic heterocycles. The summed E-state index contributed by atoms with van der Waals surface area (Å²) in [7, 11) is 0. The van der Waals surface area contributed by atoms with E-state index in [0.717, 1.165) is 68.8 Å². The Morgan fingerprint density at radius 3 is 2.32 bits per heavy atom. The molecule has 0 aliphatic rings. The van der Waals surface area contributed by atoms with Crippen molar-refractivity contribution in [2.24, 2.45) is 4.99 Å². The lowest BCUT2D eigenvalue weighted by Crippen LogP contribution is -2.21. The van der Waals surface area contributed by atoms with Crippen molar-refractivity contribution in [2.75, 3.05) is 18.0 Å². The zero-order valence-corrected chi connectivity index (χ0v) is 24.3. The highest BCUT2D eigenvalue weighted by atomic mass is 35.5. The Balaban J connectivity index is 1.39. The van der Waals surface area contributed by atoms with E-state index in [0.29, 0.717) is 10.6 Å². The van der Waals surface area contributed by atoms with Gasteiger partial charge in [0.15, 0.2) is 0 Å². The van der Waals surface area contributed by atoms with Crippen molar-refractivity contribution in [2.45, 2.75) is 13.8 Å². The second-order valence-electron chi connectivity index (χ2n) is 9.43. The highest BCUT2D eigenvalue weighted by Crippen LogP contribution is 2.32. The third-order valence-corrected chi connectivity index (χ3v) is 7.91. The Labute approximate surface area is 248 Å². The number of halogens is 1. The Morgan fingerprint density at radius 1 is 0.854 bits per heavy atom. The Hall–Kier alpha value is -4.39. The van der Waals surface area contributed by atoms with E-state index in [2.05, 4.69) is 48.4 Å². The SMILES string of the molecule is CCN(CC)c1ccc2cc(-c3nc(-c4ccc(Oc5ccccc5)cc4)cs3)c(=Nc3ccc(Cl)cc3)oc2c1. The summed E-state index contributed by atoms with van der Waals surface area (Å²) in [6.07, 6.45) is 0. The number of aromatic nitrogens is 1. The first-order chi connectivity index (χ1) is 20.1. The van der Waals surface area contributed by atoms with E-state index in [1.165, 1.54) is 0 Å². The van der Waals surface area contributed by atoms with Gasteiger partial charge in [-0.3, -0.25) is 0 Å².